The minimum atomic E-state index is -1.33. The van der Waals surface area contributed by atoms with Crippen LogP contribution in [0.5, 0.6) is 0 Å². The number of carbonyl (C=O) groups is 3. The van der Waals surface area contributed by atoms with Gasteiger partial charge in [0.1, 0.15) is 17.9 Å². The van der Waals surface area contributed by atoms with Crippen molar-refractivity contribution >= 4 is 36.2 Å². The third-order valence-corrected chi connectivity index (χ3v) is 3.34. The Labute approximate surface area is 132 Å². The summed E-state index contributed by atoms with van der Waals surface area (Å²) in [6.45, 7) is 0.809. The lowest BCUT2D eigenvalue weighted by Crippen LogP contribution is -2.41. The maximum atomic E-state index is 12.3. The van der Waals surface area contributed by atoms with Crippen LogP contribution in [0, 0.1) is 5.41 Å². The molecule has 3 amide bonds. The molecule has 1 aliphatic rings. The Morgan fingerprint density at radius 1 is 1.36 bits per heavy atom. The lowest BCUT2D eigenvalue weighted by Gasteiger charge is -2.22. The van der Waals surface area contributed by atoms with Crippen LogP contribution in [0.3, 0.4) is 0 Å². The number of imide groups is 1. The molecule has 1 aromatic carbocycles. The maximum absolute atomic E-state index is 12.3. The number of nitrogens with zero attached hydrogens (tertiary/aromatic N) is 1. The first-order valence-electron chi connectivity index (χ1n) is 6.06. The molecule has 1 fully saturated rings. The fraction of sp³-hybridized carbons (Fsp3) is 0.231. The second-order valence-corrected chi connectivity index (χ2v) is 4.83. The van der Waals surface area contributed by atoms with Gasteiger partial charge >= 0.3 is 12.0 Å². The number of hydrogen-bond acceptors (Lipinski definition) is 4. The standard InChI is InChI=1S/C13H14N4O4.ClH/c1-13(8-4-2-7(3-5-8)10(14)15)11(20)17(6-9(18)19)12(21)16-13;/h2-5H,6H2,1H3,(H3,14,15)(H,16,21)(H,18,19);1H/t13-;/m0./s1. The second kappa shape index (κ2) is 6.02. The molecule has 0 aliphatic carbocycles. The molecule has 8 nitrogen and oxygen atoms in total. The summed E-state index contributed by atoms with van der Waals surface area (Å²) >= 11 is 0. The predicted octanol–water partition coefficient (Wildman–Crippen LogP) is 0.244. The zero-order valence-corrected chi connectivity index (χ0v) is 12.4. The number of carboxylic acid groups (broad SMARTS) is 1. The Balaban J connectivity index is 0.00000242. The maximum Gasteiger partial charge on any atom is 0.325 e. The number of nitrogen functional groups attached to an aromatic ring is 1. The monoisotopic (exact) mass is 326 g/mol. The van der Waals surface area contributed by atoms with E-state index in [1.54, 1.807) is 24.3 Å². The van der Waals surface area contributed by atoms with E-state index in [0.29, 0.717) is 16.0 Å². The molecule has 0 aromatic heterocycles. The zero-order chi connectivity index (χ0) is 15.8. The van der Waals surface area contributed by atoms with Gasteiger partial charge in [-0.05, 0) is 12.5 Å². The van der Waals surface area contributed by atoms with Crippen LogP contribution < -0.4 is 11.1 Å². The molecule has 5 N–H and O–H groups in total. The summed E-state index contributed by atoms with van der Waals surface area (Å²) in [5.74, 6) is -2.01. The average molecular weight is 327 g/mol. The molecule has 0 unspecified atom stereocenters. The van der Waals surface area contributed by atoms with E-state index in [1.807, 2.05) is 0 Å². The molecule has 1 aromatic rings. The van der Waals surface area contributed by atoms with E-state index in [4.69, 9.17) is 16.2 Å². The highest BCUT2D eigenvalue weighted by Crippen LogP contribution is 2.28. The first-order chi connectivity index (χ1) is 9.75. The molecule has 2 rings (SSSR count). The van der Waals surface area contributed by atoms with Gasteiger partial charge in [-0.25, -0.2) is 4.79 Å². The van der Waals surface area contributed by atoms with E-state index in [1.165, 1.54) is 6.92 Å². The van der Waals surface area contributed by atoms with Gasteiger partial charge in [0.15, 0.2) is 0 Å². The molecule has 1 saturated heterocycles. The number of aliphatic carboxylic acids is 1. The normalized spacial score (nSPS) is 20.3. The molecule has 9 heteroatoms. The van der Waals surface area contributed by atoms with Crippen LogP contribution in [0.2, 0.25) is 0 Å². The fourth-order valence-corrected chi connectivity index (χ4v) is 2.15. The van der Waals surface area contributed by atoms with Crippen molar-refractivity contribution < 1.29 is 19.5 Å². The van der Waals surface area contributed by atoms with Gasteiger partial charge in [-0.15, -0.1) is 12.4 Å². The highest BCUT2D eigenvalue weighted by Gasteiger charge is 2.49. The Kier molecular flexibility index (Phi) is 4.77. The SMILES string of the molecule is C[C@@]1(c2ccc(C(=N)N)cc2)NC(=O)N(CC(=O)O)C1=O.Cl. The summed E-state index contributed by atoms with van der Waals surface area (Å²) in [5.41, 5.74) is 4.99. The smallest absolute Gasteiger partial charge is 0.325 e. The van der Waals surface area contributed by atoms with Gasteiger partial charge in [0.2, 0.25) is 0 Å². The fourth-order valence-electron chi connectivity index (χ4n) is 2.15. The van der Waals surface area contributed by atoms with E-state index in [9.17, 15) is 14.4 Å². The first-order valence-corrected chi connectivity index (χ1v) is 6.06. The molecule has 1 heterocycles. The molecule has 0 saturated carbocycles. The highest BCUT2D eigenvalue weighted by atomic mass is 35.5. The Morgan fingerprint density at radius 3 is 2.36 bits per heavy atom. The number of nitrogens with two attached hydrogens (primary N) is 1. The van der Waals surface area contributed by atoms with E-state index in [2.05, 4.69) is 5.32 Å². The van der Waals surface area contributed by atoms with E-state index < -0.39 is 30.0 Å². The summed E-state index contributed by atoms with van der Waals surface area (Å²) in [6, 6.07) is 5.50. The second-order valence-electron chi connectivity index (χ2n) is 4.83. The number of hydrogen-bond donors (Lipinski definition) is 4. The quantitative estimate of drug-likeness (QED) is 0.357. The number of nitrogens with one attached hydrogen (secondary N) is 2. The van der Waals surface area contributed by atoms with Crippen LogP contribution in [-0.4, -0.2) is 40.3 Å². The van der Waals surface area contributed by atoms with Crippen LogP contribution in [-0.2, 0) is 15.1 Å². The minimum Gasteiger partial charge on any atom is -0.480 e. The largest absolute Gasteiger partial charge is 0.480 e. The van der Waals surface area contributed by atoms with Gasteiger partial charge in [0, 0.05) is 5.56 Å². The van der Waals surface area contributed by atoms with Crippen LogP contribution in [0.25, 0.3) is 0 Å². The molecule has 1 aliphatic heterocycles. The van der Waals surface area contributed by atoms with Gasteiger partial charge in [0.25, 0.3) is 5.91 Å². The summed E-state index contributed by atoms with van der Waals surface area (Å²) in [4.78, 5) is 35.4. The van der Waals surface area contributed by atoms with Gasteiger partial charge < -0.3 is 16.2 Å². The van der Waals surface area contributed by atoms with Crippen molar-refractivity contribution in [2.75, 3.05) is 6.54 Å². The number of rotatable bonds is 4. The van der Waals surface area contributed by atoms with Gasteiger partial charge in [0.05, 0.1) is 0 Å². The summed E-state index contributed by atoms with van der Waals surface area (Å²) in [7, 11) is 0. The van der Waals surface area contributed by atoms with E-state index in [0.717, 1.165) is 0 Å². The Morgan fingerprint density at radius 2 is 1.91 bits per heavy atom. The topological polar surface area (TPSA) is 137 Å². The third-order valence-electron chi connectivity index (χ3n) is 3.34. The summed E-state index contributed by atoms with van der Waals surface area (Å²) in [6.07, 6.45) is 0. The third kappa shape index (κ3) is 2.86. The Bertz CT molecular complexity index is 646. The lowest BCUT2D eigenvalue weighted by atomic mass is 9.91. The van der Waals surface area contributed by atoms with Crippen molar-refractivity contribution in [2.24, 2.45) is 5.73 Å². The number of amidine groups is 1. The molecule has 22 heavy (non-hydrogen) atoms. The summed E-state index contributed by atoms with van der Waals surface area (Å²) in [5, 5.41) is 18.5. The molecular formula is C13H15ClN4O4. The molecule has 0 bridgehead atoms. The van der Waals surface area contributed by atoms with E-state index >= 15 is 0 Å². The van der Waals surface area contributed by atoms with Crippen LogP contribution in [0.1, 0.15) is 18.1 Å². The van der Waals surface area contributed by atoms with Crippen LogP contribution in [0.15, 0.2) is 24.3 Å². The Hall–Kier alpha value is -2.61. The van der Waals surface area contributed by atoms with Crippen LogP contribution in [0.4, 0.5) is 4.79 Å². The number of urea groups is 1. The zero-order valence-electron chi connectivity index (χ0n) is 11.6. The number of carboxylic acids is 1. The van der Waals surface area contributed by atoms with Crippen molar-refractivity contribution in [3.8, 4) is 0 Å². The van der Waals surface area contributed by atoms with Crippen LogP contribution >= 0.6 is 12.4 Å². The minimum absolute atomic E-state index is 0. The number of benzene rings is 1. The summed E-state index contributed by atoms with van der Waals surface area (Å²) < 4.78 is 0. The number of amides is 3. The van der Waals surface area contributed by atoms with Gasteiger partial charge in [-0.2, -0.15) is 0 Å². The molecule has 118 valence electrons. The van der Waals surface area contributed by atoms with Crippen molar-refractivity contribution in [2.45, 2.75) is 12.5 Å². The number of halogens is 1. The lowest BCUT2D eigenvalue weighted by molar-refractivity contribution is -0.142. The van der Waals surface area contributed by atoms with E-state index in [-0.39, 0.29) is 18.2 Å². The van der Waals surface area contributed by atoms with Gasteiger partial charge in [-0.1, -0.05) is 24.3 Å². The van der Waals surface area contributed by atoms with Crippen molar-refractivity contribution in [1.29, 1.82) is 5.41 Å². The van der Waals surface area contributed by atoms with Crippen molar-refractivity contribution in [3.63, 3.8) is 0 Å². The van der Waals surface area contributed by atoms with Gasteiger partial charge in [-0.3, -0.25) is 19.9 Å². The number of carbonyl (C=O) groups excluding carboxylic acids is 2. The molecule has 0 spiro atoms. The molecular weight excluding hydrogens is 312 g/mol. The average Bonchev–Trinajstić information content (AvgIpc) is 2.63. The predicted molar refractivity (Wildman–Crippen MR) is 79.9 cm³/mol. The molecule has 0 radical (unpaired) electrons. The first kappa shape index (κ1) is 17.4. The highest BCUT2D eigenvalue weighted by molar-refractivity contribution is 6.08. The molecule has 1 atom stereocenters. The van der Waals surface area contributed by atoms with Crippen molar-refractivity contribution in [1.82, 2.24) is 10.2 Å². The van der Waals surface area contributed by atoms with Crippen molar-refractivity contribution in [3.05, 3.63) is 35.4 Å².